The largest absolute Gasteiger partial charge is 0.468 e. The van der Waals surface area contributed by atoms with Gasteiger partial charge in [-0.1, -0.05) is 12.1 Å². The fraction of sp³-hybridized carbons (Fsp3) is 0.136. The second kappa shape index (κ2) is 9.16. The standard InChI is InChI=1S/C22H21N5O4S/c1-16(17-4-8-19(9-5-17)27-15-23-14-24-27)26-22(28)18-6-10-21(11-7-18)32(29,30)25-13-20-3-2-12-31-20/h2-12,14-16,25H,13H2,1H3,(H,26,28)/t16-/m1/s1. The van der Waals surface area contributed by atoms with Gasteiger partial charge in [0.05, 0.1) is 29.4 Å². The van der Waals surface area contributed by atoms with E-state index in [0.29, 0.717) is 11.3 Å². The minimum atomic E-state index is -3.72. The van der Waals surface area contributed by atoms with E-state index >= 15 is 0 Å². The lowest BCUT2D eigenvalue weighted by Gasteiger charge is -2.15. The van der Waals surface area contributed by atoms with Gasteiger partial charge in [0.2, 0.25) is 10.0 Å². The molecule has 0 aliphatic carbocycles. The van der Waals surface area contributed by atoms with Crippen LogP contribution in [0.4, 0.5) is 0 Å². The van der Waals surface area contributed by atoms with E-state index in [1.807, 2.05) is 31.2 Å². The van der Waals surface area contributed by atoms with Crippen LogP contribution >= 0.6 is 0 Å². The summed E-state index contributed by atoms with van der Waals surface area (Å²) in [6.07, 6.45) is 4.54. The molecule has 0 saturated carbocycles. The maximum absolute atomic E-state index is 12.6. The third-order valence-electron chi connectivity index (χ3n) is 4.87. The van der Waals surface area contributed by atoms with Gasteiger partial charge in [0.25, 0.3) is 5.91 Å². The van der Waals surface area contributed by atoms with Gasteiger partial charge in [0, 0.05) is 5.56 Å². The number of amides is 1. The highest BCUT2D eigenvalue weighted by molar-refractivity contribution is 7.89. The topological polar surface area (TPSA) is 119 Å². The molecular formula is C22H21N5O4S. The number of rotatable bonds is 8. The van der Waals surface area contributed by atoms with Crippen molar-refractivity contribution in [3.63, 3.8) is 0 Å². The van der Waals surface area contributed by atoms with Gasteiger partial charge in [-0.3, -0.25) is 4.79 Å². The molecule has 0 unspecified atom stereocenters. The molecule has 164 valence electrons. The molecule has 32 heavy (non-hydrogen) atoms. The van der Waals surface area contributed by atoms with Crippen molar-refractivity contribution < 1.29 is 17.6 Å². The van der Waals surface area contributed by atoms with Crippen LogP contribution in [0.25, 0.3) is 5.69 Å². The van der Waals surface area contributed by atoms with Crippen molar-refractivity contribution in [3.05, 3.63) is 96.5 Å². The molecule has 0 bridgehead atoms. The molecule has 4 aromatic rings. The van der Waals surface area contributed by atoms with Crippen LogP contribution in [0.2, 0.25) is 0 Å². The Hall–Kier alpha value is -3.76. The second-order valence-corrected chi connectivity index (χ2v) is 8.82. The zero-order valence-electron chi connectivity index (χ0n) is 17.2. The van der Waals surface area contributed by atoms with Crippen LogP contribution in [-0.4, -0.2) is 29.1 Å². The summed E-state index contributed by atoms with van der Waals surface area (Å²) in [6, 6.07) is 16.5. The quantitative estimate of drug-likeness (QED) is 0.425. The van der Waals surface area contributed by atoms with Gasteiger partial charge >= 0.3 is 0 Å². The van der Waals surface area contributed by atoms with Gasteiger partial charge in [-0.05, 0) is 61.0 Å². The molecule has 4 rings (SSSR count). The number of carbonyl (C=O) groups is 1. The number of nitrogens with one attached hydrogen (secondary N) is 2. The second-order valence-electron chi connectivity index (χ2n) is 7.06. The Morgan fingerprint density at radius 2 is 1.84 bits per heavy atom. The highest BCUT2D eigenvalue weighted by Crippen LogP contribution is 2.17. The molecular weight excluding hydrogens is 430 g/mol. The van der Waals surface area contributed by atoms with Gasteiger partial charge < -0.3 is 9.73 Å². The number of benzene rings is 2. The Balaban J connectivity index is 1.38. The first-order chi connectivity index (χ1) is 15.4. The fourth-order valence-electron chi connectivity index (χ4n) is 3.07. The molecule has 0 aliphatic rings. The van der Waals surface area contributed by atoms with Crippen LogP contribution in [0, 0.1) is 0 Å². The Morgan fingerprint density at radius 3 is 2.47 bits per heavy atom. The third kappa shape index (κ3) is 4.93. The summed E-state index contributed by atoms with van der Waals surface area (Å²) in [5.74, 6) is 0.207. The van der Waals surface area contributed by atoms with E-state index in [1.165, 1.54) is 36.9 Å². The predicted molar refractivity (Wildman–Crippen MR) is 116 cm³/mol. The van der Waals surface area contributed by atoms with Crippen LogP contribution in [0.3, 0.4) is 0 Å². The zero-order valence-corrected chi connectivity index (χ0v) is 18.0. The summed E-state index contributed by atoms with van der Waals surface area (Å²) in [5, 5.41) is 7.00. The molecule has 2 aromatic carbocycles. The number of nitrogens with zero attached hydrogens (tertiary/aromatic N) is 3. The van der Waals surface area contributed by atoms with Crippen molar-refractivity contribution >= 4 is 15.9 Å². The van der Waals surface area contributed by atoms with Crippen molar-refractivity contribution in [3.8, 4) is 5.69 Å². The number of hydrogen-bond acceptors (Lipinski definition) is 6. The first-order valence-electron chi connectivity index (χ1n) is 9.80. The Morgan fingerprint density at radius 1 is 1.09 bits per heavy atom. The van der Waals surface area contributed by atoms with E-state index in [9.17, 15) is 13.2 Å². The molecule has 1 atom stereocenters. The Labute approximate surface area is 185 Å². The van der Waals surface area contributed by atoms with Crippen LogP contribution in [0.15, 0.2) is 88.9 Å². The molecule has 10 heteroatoms. The smallest absolute Gasteiger partial charge is 0.251 e. The number of aromatic nitrogens is 3. The van der Waals surface area contributed by atoms with Gasteiger partial charge in [-0.15, -0.1) is 0 Å². The van der Waals surface area contributed by atoms with E-state index in [0.717, 1.165) is 11.3 Å². The third-order valence-corrected chi connectivity index (χ3v) is 6.28. The van der Waals surface area contributed by atoms with Gasteiger partial charge in [-0.25, -0.2) is 22.8 Å². The molecule has 0 fully saturated rings. The Bertz CT molecular complexity index is 1270. The molecule has 0 radical (unpaired) electrons. The molecule has 1 amide bonds. The van der Waals surface area contributed by atoms with E-state index in [-0.39, 0.29) is 23.4 Å². The number of carbonyl (C=O) groups excluding carboxylic acids is 1. The molecule has 0 spiro atoms. The van der Waals surface area contributed by atoms with Crippen molar-refractivity contribution in [1.82, 2.24) is 24.8 Å². The number of furan rings is 1. The average molecular weight is 452 g/mol. The lowest BCUT2D eigenvalue weighted by Crippen LogP contribution is -2.27. The number of hydrogen-bond donors (Lipinski definition) is 2. The summed E-state index contributed by atoms with van der Waals surface area (Å²) in [4.78, 5) is 16.6. The molecule has 2 N–H and O–H groups in total. The minimum absolute atomic E-state index is 0.0464. The van der Waals surface area contributed by atoms with Gasteiger partial charge in [0.1, 0.15) is 18.4 Å². The maximum atomic E-state index is 12.6. The molecule has 9 nitrogen and oxygen atoms in total. The zero-order chi connectivity index (χ0) is 22.6. The molecule has 2 heterocycles. The maximum Gasteiger partial charge on any atom is 0.251 e. The lowest BCUT2D eigenvalue weighted by atomic mass is 10.1. The predicted octanol–water partition coefficient (Wildman–Crippen LogP) is 2.83. The van der Waals surface area contributed by atoms with E-state index < -0.39 is 10.0 Å². The molecule has 0 saturated heterocycles. The fourth-order valence-corrected chi connectivity index (χ4v) is 4.06. The lowest BCUT2D eigenvalue weighted by molar-refractivity contribution is 0.0940. The van der Waals surface area contributed by atoms with Crippen LogP contribution in [-0.2, 0) is 16.6 Å². The minimum Gasteiger partial charge on any atom is -0.468 e. The van der Waals surface area contributed by atoms with Crippen LogP contribution < -0.4 is 10.0 Å². The van der Waals surface area contributed by atoms with E-state index in [4.69, 9.17) is 4.42 Å². The molecule has 0 aliphatic heterocycles. The van der Waals surface area contributed by atoms with Gasteiger partial charge in [-0.2, -0.15) is 5.10 Å². The van der Waals surface area contributed by atoms with E-state index in [2.05, 4.69) is 20.1 Å². The highest BCUT2D eigenvalue weighted by atomic mass is 32.2. The molecule has 2 aromatic heterocycles. The summed E-state index contributed by atoms with van der Waals surface area (Å²) >= 11 is 0. The average Bonchev–Trinajstić information content (AvgIpc) is 3.52. The number of sulfonamides is 1. The van der Waals surface area contributed by atoms with E-state index in [1.54, 1.807) is 23.1 Å². The normalized spacial score (nSPS) is 12.4. The summed E-state index contributed by atoms with van der Waals surface area (Å²) < 4.78 is 34.1. The van der Waals surface area contributed by atoms with Crippen molar-refractivity contribution in [2.75, 3.05) is 0 Å². The first-order valence-corrected chi connectivity index (χ1v) is 11.3. The van der Waals surface area contributed by atoms with Crippen LogP contribution in [0.1, 0.15) is 34.6 Å². The monoisotopic (exact) mass is 451 g/mol. The summed E-state index contributed by atoms with van der Waals surface area (Å²) in [6.45, 7) is 1.92. The van der Waals surface area contributed by atoms with Crippen molar-refractivity contribution in [2.45, 2.75) is 24.4 Å². The van der Waals surface area contributed by atoms with Gasteiger partial charge in [0.15, 0.2) is 0 Å². The summed E-state index contributed by atoms with van der Waals surface area (Å²) in [7, 11) is -3.72. The Kier molecular flexibility index (Phi) is 6.15. The summed E-state index contributed by atoms with van der Waals surface area (Å²) in [5.41, 5.74) is 2.15. The van der Waals surface area contributed by atoms with Crippen molar-refractivity contribution in [1.29, 1.82) is 0 Å². The van der Waals surface area contributed by atoms with Crippen LogP contribution in [0.5, 0.6) is 0 Å². The highest BCUT2D eigenvalue weighted by Gasteiger charge is 2.16. The first kappa shape index (κ1) is 21.5. The SMILES string of the molecule is C[C@@H](NC(=O)c1ccc(S(=O)(=O)NCc2ccco2)cc1)c1ccc(-n2cncn2)cc1. The van der Waals surface area contributed by atoms with Crippen molar-refractivity contribution in [2.24, 2.45) is 0 Å².